The zero-order valence-electron chi connectivity index (χ0n) is 18.0. The standard InChI is InChI=1S/C25H25FN4O2/c1-17-6-4-5-13-28(17)24(31)16-30-25(32)23-14-19-7-2-3-8-22(19)29(23)15-21(27-30)18-9-11-20(26)12-10-18/h2-3,7-12,14,17H,4-6,13,15-16H2,1H3/t17-/m1/s1. The first-order valence-electron chi connectivity index (χ1n) is 11.0. The van der Waals surface area contributed by atoms with E-state index in [1.54, 1.807) is 12.1 Å². The highest BCUT2D eigenvalue weighted by atomic mass is 19.1. The molecule has 2 amide bonds. The van der Waals surface area contributed by atoms with Crippen LogP contribution in [0.3, 0.4) is 0 Å². The molecule has 6 nitrogen and oxygen atoms in total. The van der Waals surface area contributed by atoms with Gasteiger partial charge in [0.1, 0.15) is 18.1 Å². The predicted molar refractivity (Wildman–Crippen MR) is 121 cm³/mol. The molecule has 0 bridgehead atoms. The molecule has 3 aromatic rings. The van der Waals surface area contributed by atoms with Gasteiger partial charge in [0, 0.05) is 23.5 Å². The number of hydrogen-bond donors (Lipinski definition) is 0. The van der Waals surface area contributed by atoms with Gasteiger partial charge in [-0.1, -0.05) is 30.3 Å². The number of benzene rings is 2. The van der Waals surface area contributed by atoms with E-state index in [4.69, 9.17) is 0 Å². The van der Waals surface area contributed by atoms with Crippen LogP contribution in [-0.4, -0.2) is 51.1 Å². The smallest absolute Gasteiger partial charge is 0.291 e. The number of carbonyl (C=O) groups excluding carboxylic acids is 2. The molecule has 0 aliphatic carbocycles. The normalized spacial score (nSPS) is 19.0. The van der Waals surface area contributed by atoms with Gasteiger partial charge in [0.2, 0.25) is 5.91 Å². The predicted octanol–water partition coefficient (Wildman–Crippen LogP) is 4.04. The van der Waals surface area contributed by atoms with Crippen LogP contribution in [0.2, 0.25) is 0 Å². The van der Waals surface area contributed by atoms with Gasteiger partial charge in [-0.2, -0.15) is 5.10 Å². The van der Waals surface area contributed by atoms with Gasteiger partial charge >= 0.3 is 0 Å². The van der Waals surface area contributed by atoms with Gasteiger partial charge in [-0.15, -0.1) is 0 Å². The maximum atomic E-state index is 13.5. The van der Waals surface area contributed by atoms with Crippen molar-refractivity contribution in [1.29, 1.82) is 0 Å². The summed E-state index contributed by atoms with van der Waals surface area (Å²) < 4.78 is 15.4. The van der Waals surface area contributed by atoms with Crippen LogP contribution >= 0.6 is 0 Å². The second kappa shape index (κ2) is 8.22. The van der Waals surface area contributed by atoms with Gasteiger partial charge in [-0.25, -0.2) is 9.40 Å². The molecule has 0 spiro atoms. The Bertz CT molecular complexity index is 1210. The number of carbonyl (C=O) groups is 2. The van der Waals surface area contributed by atoms with E-state index >= 15 is 0 Å². The van der Waals surface area contributed by atoms with Crippen LogP contribution in [0.4, 0.5) is 4.39 Å². The Kier molecular flexibility index (Phi) is 5.25. The lowest BCUT2D eigenvalue weighted by Gasteiger charge is -2.34. The Morgan fingerprint density at radius 2 is 1.91 bits per heavy atom. The fourth-order valence-electron chi connectivity index (χ4n) is 4.65. The quantitative estimate of drug-likeness (QED) is 0.627. The monoisotopic (exact) mass is 432 g/mol. The van der Waals surface area contributed by atoms with Gasteiger partial charge in [0.05, 0.1) is 12.3 Å². The number of hydrogen-bond acceptors (Lipinski definition) is 3. The Labute approximate surface area is 185 Å². The van der Waals surface area contributed by atoms with Crippen LogP contribution < -0.4 is 0 Å². The second-order valence-electron chi connectivity index (χ2n) is 8.52. The van der Waals surface area contributed by atoms with Gasteiger partial charge < -0.3 is 9.47 Å². The van der Waals surface area contributed by atoms with Crippen molar-refractivity contribution >= 4 is 28.4 Å². The van der Waals surface area contributed by atoms with Crippen LogP contribution in [0.15, 0.2) is 59.7 Å². The highest BCUT2D eigenvalue weighted by molar-refractivity contribution is 6.07. The third-order valence-electron chi connectivity index (χ3n) is 6.40. The molecule has 1 aromatic heterocycles. The van der Waals surface area contributed by atoms with Gasteiger partial charge in [0.15, 0.2) is 0 Å². The summed E-state index contributed by atoms with van der Waals surface area (Å²) in [6.07, 6.45) is 3.06. The number of hydrazone groups is 1. The average Bonchev–Trinajstić information content (AvgIpc) is 3.10. The summed E-state index contributed by atoms with van der Waals surface area (Å²) in [4.78, 5) is 28.5. The Balaban J connectivity index is 1.56. The Morgan fingerprint density at radius 1 is 1.12 bits per heavy atom. The van der Waals surface area contributed by atoms with Crippen LogP contribution in [0, 0.1) is 5.82 Å². The van der Waals surface area contributed by atoms with Crippen molar-refractivity contribution in [3.05, 3.63) is 71.7 Å². The molecule has 1 atom stereocenters. The van der Waals surface area contributed by atoms with Crippen molar-refractivity contribution in [3.8, 4) is 0 Å². The summed E-state index contributed by atoms with van der Waals surface area (Å²) in [6, 6.07) is 15.9. The van der Waals surface area contributed by atoms with E-state index in [0.29, 0.717) is 30.1 Å². The summed E-state index contributed by atoms with van der Waals surface area (Å²) in [5, 5.41) is 6.85. The first-order chi connectivity index (χ1) is 15.5. The number of halogens is 1. The molecule has 2 aliphatic rings. The lowest BCUT2D eigenvalue weighted by atomic mass is 10.0. The van der Waals surface area contributed by atoms with Gasteiger partial charge in [0.25, 0.3) is 5.91 Å². The third-order valence-corrected chi connectivity index (χ3v) is 6.40. The second-order valence-corrected chi connectivity index (χ2v) is 8.52. The SMILES string of the molecule is C[C@@H]1CCCCN1C(=O)CN1N=C(c2ccc(F)cc2)Cn2c(cc3ccccc32)C1=O. The highest BCUT2D eigenvalue weighted by Crippen LogP contribution is 2.25. The van der Waals surface area contributed by atoms with Crippen LogP contribution in [0.1, 0.15) is 42.2 Å². The summed E-state index contributed by atoms with van der Waals surface area (Å²) in [6.45, 7) is 2.99. The number of fused-ring (bicyclic) bond motifs is 3. The van der Waals surface area contributed by atoms with E-state index in [2.05, 4.69) is 5.10 Å². The minimum absolute atomic E-state index is 0.0997. The number of amides is 2. The molecular weight excluding hydrogens is 407 g/mol. The van der Waals surface area contributed by atoms with E-state index in [0.717, 1.165) is 30.2 Å². The first kappa shape index (κ1) is 20.4. The average molecular weight is 432 g/mol. The van der Waals surface area contributed by atoms with Crippen molar-refractivity contribution in [2.75, 3.05) is 13.1 Å². The molecule has 0 saturated carbocycles. The molecule has 0 radical (unpaired) electrons. The number of rotatable bonds is 3. The van der Waals surface area contributed by atoms with E-state index in [1.165, 1.54) is 17.1 Å². The lowest BCUT2D eigenvalue weighted by molar-refractivity contribution is -0.135. The highest BCUT2D eigenvalue weighted by Gasteiger charge is 2.31. The maximum Gasteiger partial charge on any atom is 0.291 e. The van der Waals surface area contributed by atoms with Crippen molar-refractivity contribution in [1.82, 2.24) is 14.5 Å². The molecule has 0 unspecified atom stereocenters. The molecule has 3 heterocycles. The van der Waals surface area contributed by atoms with E-state index in [1.807, 2.05) is 46.7 Å². The number of aromatic nitrogens is 1. The number of nitrogens with zero attached hydrogens (tertiary/aromatic N) is 4. The maximum absolute atomic E-state index is 13.5. The molecule has 164 valence electrons. The number of likely N-dealkylation sites (tertiary alicyclic amines) is 1. The molecular formula is C25H25FN4O2. The van der Waals surface area contributed by atoms with Crippen molar-refractivity contribution < 1.29 is 14.0 Å². The van der Waals surface area contributed by atoms with Crippen LogP contribution in [0.25, 0.3) is 10.9 Å². The van der Waals surface area contributed by atoms with E-state index in [-0.39, 0.29) is 30.2 Å². The molecule has 5 rings (SSSR count). The van der Waals surface area contributed by atoms with Crippen molar-refractivity contribution in [2.24, 2.45) is 5.10 Å². The van der Waals surface area contributed by atoms with E-state index in [9.17, 15) is 14.0 Å². The third kappa shape index (κ3) is 3.68. The fraction of sp³-hybridized carbons (Fsp3) is 0.320. The molecule has 32 heavy (non-hydrogen) atoms. The van der Waals surface area contributed by atoms with E-state index < -0.39 is 0 Å². The first-order valence-corrected chi connectivity index (χ1v) is 11.0. The van der Waals surface area contributed by atoms with Crippen LogP contribution in [-0.2, 0) is 11.3 Å². The summed E-state index contributed by atoms with van der Waals surface area (Å²) in [7, 11) is 0. The minimum Gasteiger partial charge on any atom is -0.338 e. The van der Waals surface area contributed by atoms with Gasteiger partial charge in [-0.05, 0) is 56.0 Å². The molecule has 0 N–H and O–H groups in total. The largest absolute Gasteiger partial charge is 0.338 e. The lowest BCUT2D eigenvalue weighted by Crippen LogP contribution is -2.47. The molecule has 7 heteroatoms. The summed E-state index contributed by atoms with van der Waals surface area (Å²) in [5.41, 5.74) is 2.74. The van der Waals surface area contributed by atoms with Crippen molar-refractivity contribution in [3.63, 3.8) is 0 Å². The molecule has 2 aliphatic heterocycles. The topological polar surface area (TPSA) is 57.9 Å². The molecule has 1 fully saturated rings. The molecule has 2 aromatic carbocycles. The summed E-state index contributed by atoms with van der Waals surface area (Å²) in [5.74, 6) is -0.745. The zero-order valence-corrected chi connectivity index (χ0v) is 18.0. The number of piperidine rings is 1. The Morgan fingerprint density at radius 3 is 2.69 bits per heavy atom. The van der Waals surface area contributed by atoms with Crippen LogP contribution in [0.5, 0.6) is 0 Å². The number of para-hydroxylation sites is 1. The Hall–Kier alpha value is -3.48. The minimum atomic E-state index is -0.336. The zero-order chi connectivity index (χ0) is 22.2. The van der Waals surface area contributed by atoms with Crippen molar-refractivity contribution in [2.45, 2.75) is 38.8 Å². The molecule has 1 saturated heterocycles. The van der Waals surface area contributed by atoms with Gasteiger partial charge in [-0.3, -0.25) is 9.59 Å². The summed E-state index contributed by atoms with van der Waals surface area (Å²) >= 11 is 0. The fourth-order valence-corrected chi connectivity index (χ4v) is 4.65.